The van der Waals surface area contributed by atoms with Gasteiger partial charge in [0, 0.05) is 22.1 Å². The molecule has 0 fully saturated rings. The predicted octanol–water partition coefficient (Wildman–Crippen LogP) is 12.2. The molecule has 1 heterocycles. The summed E-state index contributed by atoms with van der Waals surface area (Å²) in [6.45, 7) is 0. The van der Waals surface area contributed by atoms with Crippen LogP contribution in [0.15, 0.2) is 168 Å². The van der Waals surface area contributed by atoms with E-state index in [9.17, 15) is 0 Å². The lowest BCUT2D eigenvalue weighted by Crippen LogP contribution is -2.10. The maximum absolute atomic E-state index is 6.46. The first-order valence-corrected chi connectivity index (χ1v) is 15.0. The highest BCUT2D eigenvalue weighted by Gasteiger charge is 2.19. The highest BCUT2D eigenvalue weighted by molar-refractivity contribution is 6.17. The van der Waals surface area contributed by atoms with Gasteiger partial charge in [-0.15, -0.1) is 0 Å². The van der Waals surface area contributed by atoms with Crippen LogP contribution in [0, 0.1) is 0 Å². The topological polar surface area (TPSA) is 16.4 Å². The smallest absolute Gasteiger partial charge is 0.159 e. The van der Waals surface area contributed by atoms with Crippen molar-refractivity contribution in [2.45, 2.75) is 0 Å². The zero-order valence-corrected chi connectivity index (χ0v) is 23.9. The molecule has 44 heavy (non-hydrogen) atoms. The Bertz CT molecular complexity index is 2490. The van der Waals surface area contributed by atoms with Gasteiger partial charge in [0.25, 0.3) is 0 Å². The number of fused-ring (bicyclic) bond motifs is 8. The lowest BCUT2D eigenvalue weighted by Gasteiger charge is -2.25. The maximum Gasteiger partial charge on any atom is 0.159 e. The minimum atomic E-state index is 0.885. The molecule has 0 aliphatic carbocycles. The summed E-state index contributed by atoms with van der Waals surface area (Å²) in [6.07, 6.45) is 0. The summed E-state index contributed by atoms with van der Waals surface area (Å²) >= 11 is 0. The fourth-order valence-electron chi connectivity index (χ4n) is 6.71. The van der Waals surface area contributed by atoms with Crippen LogP contribution < -0.4 is 4.90 Å². The lowest BCUT2D eigenvalue weighted by molar-refractivity contribution is 0.669. The molecular weight excluding hydrogens is 534 g/mol. The third-order valence-electron chi connectivity index (χ3n) is 8.84. The van der Waals surface area contributed by atoms with Gasteiger partial charge in [0.05, 0.1) is 5.69 Å². The van der Waals surface area contributed by atoms with Crippen LogP contribution in [0.25, 0.3) is 65.4 Å². The summed E-state index contributed by atoms with van der Waals surface area (Å²) in [7, 11) is 0. The molecule has 0 aliphatic rings. The van der Waals surface area contributed by atoms with E-state index in [4.69, 9.17) is 4.42 Å². The van der Waals surface area contributed by atoms with Crippen LogP contribution in [0.4, 0.5) is 17.1 Å². The summed E-state index contributed by atoms with van der Waals surface area (Å²) in [5.41, 5.74) is 7.34. The zero-order chi connectivity index (χ0) is 29.0. The summed E-state index contributed by atoms with van der Waals surface area (Å²) in [4.78, 5) is 2.29. The number of rotatable bonds is 4. The Morgan fingerprint density at radius 1 is 0.364 bits per heavy atom. The highest BCUT2D eigenvalue weighted by Crippen LogP contribution is 2.42. The Morgan fingerprint density at radius 2 is 0.977 bits per heavy atom. The molecule has 0 N–H and O–H groups in total. The summed E-state index contributed by atoms with van der Waals surface area (Å²) in [5, 5.41) is 9.92. The van der Waals surface area contributed by atoms with Crippen LogP contribution in [0.2, 0.25) is 0 Å². The van der Waals surface area contributed by atoms with Gasteiger partial charge >= 0.3 is 0 Å². The molecular formula is C42H27NO. The quantitative estimate of drug-likeness (QED) is 0.199. The molecule has 0 unspecified atom stereocenters. The third kappa shape index (κ3) is 3.89. The highest BCUT2D eigenvalue weighted by atomic mass is 16.3. The third-order valence-corrected chi connectivity index (χ3v) is 8.84. The van der Waals surface area contributed by atoms with E-state index in [1.807, 2.05) is 12.1 Å². The minimum Gasteiger partial charge on any atom is -0.454 e. The largest absolute Gasteiger partial charge is 0.454 e. The average Bonchev–Trinajstić information content (AvgIpc) is 3.48. The number of hydrogen-bond donors (Lipinski definition) is 0. The van der Waals surface area contributed by atoms with Crippen LogP contribution in [0.5, 0.6) is 0 Å². The number of hydrogen-bond acceptors (Lipinski definition) is 2. The number of anilines is 3. The molecule has 1 aromatic heterocycles. The SMILES string of the molecule is c1ccc(N(c2ccc(-c3ccc4ccc5c6ccccc6ccc5c4c3)cc2)c2cccc3c2oc2ccccc23)cc1. The molecule has 2 heteroatoms. The van der Waals surface area contributed by atoms with Gasteiger partial charge in [-0.2, -0.15) is 0 Å². The van der Waals surface area contributed by atoms with Gasteiger partial charge in [-0.1, -0.05) is 121 Å². The maximum atomic E-state index is 6.46. The molecule has 0 aliphatic heterocycles. The van der Waals surface area contributed by atoms with Crippen molar-refractivity contribution in [2.75, 3.05) is 4.90 Å². The number of nitrogens with zero attached hydrogens (tertiary/aromatic N) is 1. The Balaban J connectivity index is 1.17. The van der Waals surface area contributed by atoms with Crippen molar-refractivity contribution in [3.8, 4) is 11.1 Å². The van der Waals surface area contributed by atoms with Crippen LogP contribution >= 0.6 is 0 Å². The van der Waals surface area contributed by atoms with Crippen molar-refractivity contribution >= 4 is 71.3 Å². The van der Waals surface area contributed by atoms with E-state index < -0.39 is 0 Å². The average molecular weight is 562 g/mol. The van der Waals surface area contributed by atoms with E-state index in [0.717, 1.165) is 39.0 Å². The fourth-order valence-corrected chi connectivity index (χ4v) is 6.71. The first-order valence-electron chi connectivity index (χ1n) is 15.0. The number of furan rings is 1. The van der Waals surface area contributed by atoms with Gasteiger partial charge < -0.3 is 9.32 Å². The predicted molar refractivity (Wildman–Crippen MR) is 186 cm³/mol. The fraction of sp³-hybridized carbons (Fsp3) is 0. The number of benzene rings is 8. The van der Waals surface area contributed by atoms with Crippen LogP contribution in [-0.4, -0.2) is 0 Å². The van der Waals surface area contributed by atoms with Crippen molar-refractivity contribution in [2.24, 2.45) is 0 Å². The van der Waals surface area contributed by atoms with Gasteiger partial charge in [-0.3, -0.25) is 0 Å². The van der Waals surface area contributed by atoms with Crippen molar-refractivity contribution in [3.05, 3.63) is 164 Å². The zero-order valence-electron chi connectivity index (χ0n) is 23.9. The van der Waals surface area contributed by atoms with Gasteiger partial charge in [0.15, 0.2) is 5.58 Å². The first kappa shape index (κ1) is 24.7. The van der Waals surface area contributed by atoms with Gasteiger partial charge in [0.2, 0.25) is 0 Å². The van der Waals surface area contributed by atoms with Crippen LogP contribution in [0.1, 0.15) is 0 Å². The molecule has 0 spiro atoms. The molecule has 2 nitrogen and oxygen atoms in total. The van der Waals surface area contributed by atoms with Gasteiger partial charge in [-0.25, -0.2) is 0 Å². The first-order chi connectivity index (χ1) is 21.8. The second-order valence-electron chi connectivity index (χ2n) is 11.4. The molecule has 0 saturated carbocycles. The van der Waals surface area contributed by atoms with E-state index in [1.54, 1.807) is 0 Å². The Kier molecular flexibility index (Phi) is 5.54. The van der Waals surface area contributed by atoms with E-state index in [2.05, 4.69) is 157 Å². The monoisotopic (exact) mass is 561 g/mol. The second kappa shape index (κ2) is 9.86. The molecule has 0 bridgehead atoms. The number of para-hydroxylation sites is 3. The Morgan fingerprint density at radius 3 is 1.82 bits per heavy atom. The van der Waals surface area contributed by atoms with E-state index in [-0.39, 0.29) is 0 Å². The van der Waals surface area contributed by atoms with E-state index in [1.165, 1.54) is 43.4 Å². The Labute approximate surface area is 255 Å². The van der Waals surface area contributed by atoms with Gasteiger partial charge in [-0.05, 0) is 85.9 Å². The summed E-state index contributed by atoms with van der Waals surface area (Å²) in [5.74, 6) is 0. The second-order valence-corrected chi connectivity index (χ2v) is 11.4. The van der Waals surface area contributed by atoms with Gasteiger partial charge in [0.1, 0.15) is 5.58 Å². The van der Waals surface area contributed by atoms with Crippen LogP contribution in [-0.2, 0) is 0 Å². The normalized spacial score (nSPS) is 11.6. The summed E-state index contributed by atoms with van der Waals surface area (Å²) < 4.78 is 6.46. The molecule has 8 aromatic carbocycles. The van der Waals surface area contributed by atoms with E-state index in [0.29, 0.717) is 0 Å². The van der Waals surface area contributed by atoms with Crippen LogP contribution in [0.3, 0.4) is 0 Å². The Hall–Kier alpha value is -5.86. The minimum absolute atomic E-state index is 0.885. The molecule has 9 aromatic rings. The molecule has 0 radical (unpaired) electrons. The van der Waals surface area contributed by atoms with Crippen molar-refractivity contribution in [1.82, 2.24) is 0 Å². The standard InChI is InChI=1S/C42H27NO/c1-2-10-32(11-3-1)43(40-15-8-14-38-37-13-6-7-16-41(37)44-42(38)40)33-23-19-28(20-24-33)31-18-17-30-22-25-35-34-12-5-4-9-29(34)21-26-36(35)39(30)27-31/h1-27H. The van der Waals surface area contributed by atoms with Crippen molar-refractivity contribution < 1.29 is 4.42 Å². The van der Waals surface area contributed by atoms with Crippen molar-refractivity contribution in [3.63, 3.8) is 0 Å². The van der Waals surface area contributed by atoms with Crippen molar-refractivity contribution in [1.29, 1.82) is 0 Å². The molecule has 9 rings (SSSR count). The lowest BCUT2D eigenvalue weighted by atomic mass is 9.94. The van der Waals surface area contributed by atoms with E-state index >= 15 is 0 Å². The molecule has 0 atom stereocenters. The molecule has 0 saturated heterocycles. The summed E-state index contributed by atoms with van der Waals surface area (Å²) in [6, 6.07) is 58.5. The molecule has 206 valence electrons. The molecule has 0 amide bonds.